The van der Waals surface area contributed by atoms with E-state index in [1.807, 2.05) is 12.1 Å². The van der Waals surface area contributed by atoms with Crippen molar-refractivity contribution in [2.75, 3.05) is 0 Å². The van der Waals surface area contributed by atoms with E-state index in [2.05, 4.69) is 59.8 Å². The van der Waals surface area contributed by atoms with Gasteiger partial charge in [0, 0.05) is 6.42 Å². The Morgan fingerprint density at radius 1 is 0.935 bits per heavy atom. The van der Waals surface area contributed by atoms with Gasteiger partial charge in [-0.1, -0.05) is 71.9 Å². The Bertz CT molecular complexity index is 1010. The summed E-state index contributed by atoms with van der Waals surface area (Å²) in [4.78, 5) is 16.5. The molecule has 0 atom stereocenters. The molecule has 2 aromatic carbocycles. The lowest BCUT2D eigenvalue weighted by Crippen LogP contribution is -2.34. The van der Waals surface area contributed by atoms with Gasteiger partial charge in [0.25, 0.3) is 0 Å². The van der Waals surface area contributed by atoms with Crippen LogP contribution >= 0.6 is 0 Å². The number of hydrogen-bond acceptors (Lipinski definition) is 4. The first-order valence-electron chi connectivity index (χ1n) is 10.9. The molecule has 4 rings (SSSR count). The van der Waals surface area contributed by atoms with E-state index in [0.29, 0.717) is 19.3 Å². The van der Waals surface area contributed by atoms with Crippen molar-refractivity contribution in [3.05, 3.63) is 89.0 Å². The summed E-state index contributed by atoms with van der Waals surface area (Å²) < 4.78 is 0. The Morgan fingerprint density at radius 3 is 2.00 bits per heavy atom. The lowest BCUT2D eigenvalue weighted by atomic mass is 9.97. The summed E-state index contributed by atoms with van der Waals surface area (Å²) in [6.45, 7) is 0. The number of nitrogens with zero attached hydrogens (tertiary/aromatic N) is 1. The largest absolute Gasteiger partial charge is 0.384 e. The minimum atomic E-state index is -0.847. The molecule has 1 saturated carbocycles. The van der Waals surface area contributed by atoms with Gasteiger partial charge in [-0.05, 0) is 66.4 Å². The van der Waals surface area contributed by atoms with Gasteiger partial charge in [-0.15, -0.1) is 0 Å². The Morgan fingerprint density at radius 2 is 1.48 bits per heavy atom. The number of oxime groups is 1. The van der Waals surface area contributed by atoms with Crippen molar-refractivity contribution < 1.29 is 9.63 Å². The normalized spacial score (nSPS) is 16.4. The van der Waals surface area contributed by atoms with E-state index >= 15 is 0 Å². The molecule has 5 nitrogen and oxygen atoms in total. The summed E-state index contributed by atoms with van der Waals surface area (Å²) in [5.74, 6) is -0.240. The SMILES string of the molecule is NC(Cc1ccc(CCCCc2ccc(C3=CC=C3)cc2)cc1)=NOC(=O)C1(N)CC1. The topological polar surface area (TPSA) is 90.7 Å². The van der Waals surface area contributed by atoms with E-state index in [1.165, 1.54) is 22.3 Å². The lowest BCUT2D eigenvalue weighted by molar-refractivity contribution is -0.146. The molecule has 0 unspecified atom stereocenters. The van der Waals surface area contributed by atoms with Crippen molar-refractivity contribution in [3.8, 4) is 0 Å². The summed E-state index contributed by atoms with van der Waals surface area (Å²) in [5.41, 5.74) is 17.1. The number of nitrogens with two attached hydrogens (primary N) is 2. The number of carbonyl (C=O) groups excluding carboxylic acids is 1. The zero-order chi connectivity index (χ0) is 21.7. The number of benzene rings is 2. The average molecular weight is 416 g/mol. The van der Waals surface area contributed by atoms with Crippen LogP contribution in [0.1, 0.15) is 47.9 Å². The van der Waals surface area contributed by atoms with Gasteiger partial charge in [-0.25, -0.2) is 4.79 Å². The number of allylic oxidation sites excluding steroid dienone is 4. The fourth-order valence-electron chi connectivity index (χ4n) is 3.50. The maximum Gasteiger partial charge on any atom is 0.354 e. The number of hydrogen-bond donors (Lipinski definition) is 2. The van der Waals surface area contributed by atoms with Crippen LogP contribution in [0.4, 0.5) is 0 Å². The third kappa shape index (κ3) is 5.70. The third-order valence-electron chi connectivity index (χ3n) is 5.87. The first kappa shape index (κ1) is 21.1. The molecule has 31 heavy (non-hydrogen) atoms. The van der Waals surface area contributed by atoms with E-state index in [4.69, 9.17) is 16.3 Å². The average Bonchev–Trinajstić information content (AvgIpc) is 3.49. The molecule has 160 valence electrons. The van der Waals surface area contributed by atoms with Gasteiger partial charge in [-0.2, -0.15) is 0 Å². The quantitative estimate of drug-likeness (QED) is 0.201. The first-order chi connectivity index (χ1) is 15.0. The van der Waals surface area contributed by atoms with E-state index in [-0.39, 0.29) is 5.84 Å². The molecule has 4 N–H and O–H groups in total. The Kier molecular flexibility index (Phi) is 6.33. The molecule has 0 heterocycles. The molecular weight excluding hydrogens is 386 g/mol. The van der Waals surface area contributed by atoms with Crippen molar-refractivity contribution in [3.63, 3.8) is 0 Å². The third-order valence-corrected chi connectivity index (χ3v) is 5.87. The highest BCUT2D eigenvalue weighted by Gasteiger charge is 2.48. The van der Waals surface area contributed by atoms with Crippen molar-refractivity contribution in [1.82, 2.24) is 0 Å². The molecule has 0 radical (unpaired) electrons. The second-order valence-electron chi connectivity index (χ2n) is 8.50. The monoisotopic (exact) mass is 415 g/mol. The van der Waals surface area contributed by atoms with Crippen LogP contribution in [-0.4, -0.2) is 17.3 Å². The van der Waals surface area contributed by atoms with Crippen LogP contribution in [0.15, 0.2) is 71.9 Å². The highest BCUT2D eigenvalue weighted by Crippen LogP contribution is 2.33. The maximum atomic E-state index is 11.7. The molecule has 0 bridgehead atoms. The zero-order valence-corrected chi connectivity index (χ0v) is 17.7. The van der Waals surface area contributed by atoms with E-state index < -0.39 is 11.5 Å². The van der Waals surface area contributed by atoms with Crippen molar-refractivity contribution in [1.29, 1.82) is 0 Å². The minimum absolute atomic E-state index is 0.265. The van der Waals surface area contributed by atoms with E-state index in [9.17, 15) is 4.79 Å². The summed E-state index contributed by atoms with van der Waals surface area (Å²) in [6, 6.07) is 17.2. The fraction of sp³-hybridized carbons (Fsp3) is 0.308. The summed E-state index contributed by atoms with van der Waals surface area (Å²) in [7, 11) is 0. The van der Waals surface area contributed by atoms with E-state index in [0.717, 1.165) is 31.2 Å². The van der Waals surface area contributed by atoms with Gasteiger partial charge in [0.1, 0.15) is 11.4 Å². The fourth-order valence-corrected chi connectivity index (χ4v) is 3.50. The van der Waals surface area contributed by atoms with Gasteiger partial charge in [0.15, 0.2) is 0 Å². The number of unbranched alkanes of at least 4 members (excludes halogenated alkanes) is 1. The summed E-state index contributed by atoms with van der Waals surface area (Å²) >= 11 is 0. The van der Waals surface area contributed by atoms with Crippen LogP contribution in [0.3, 0.4) is 0 Å². The molecule has 0 spiro atoms. The Hall–Kier alpha value is -3.18. The second-order valence-corrected chi connectivity index (χ2v) is 8.50. The van der Waals surface area contributed by atoms with Gasteiger partial charge in [0.05, 0.1) is 0 Å². The summed E-state index contributed by atoms with van der Waals surface area (Å²) in [6.07, 6.45) is 12.5. The van der Waals surface area contributed by atoms with Crippen LogP contribution < -0.4 is 11.5 Å². The van der Waals surface area contributed by atoms with Crippen LogP contribution in [0.25, 0.3) is 5.57 Å². The lowest BCUT2D eigenvalue weighted by Gasteiger charge is -2.09. The van der Waals surface area contributed by atoms with Crippen LogP contribution in [0.5, 0.6) is 0 Å². The highest BCUT2D eigenvalue weighted by atomic mass is 16.7. The van der Waals surface area contributed by atoms with Gasteiger partial charge < -0.3 is 16.3 Å². The number of aryl methyl sites for hydroxylation is 2. The van der Waals surface area contributed by atoms with Crippen LogP contribution in [0.2, 0.25) is 0 Å². The van der Waals surface area contributed by atoms with Gasteiger partial charge in [-0.3, -0.25) is 0 Å². The minimum Gasteiger partial charge on any atom is -0.384 e. The zero-order valence-electron chi connectivity index (χ0n) is 17.7. The first-order valence-corrected chi connectivity index (χ1v) is 10.9. The number of amidine groups is 1. The van der Waals surface area contributed by atoms with Gasteiger partial charge in [0.2, 0.25) is 0 Å². The molecule has 2 aromatic rings. The summed E-state index contributed by atoms with van der Waals surface area (Å²) in [5, 5.41) is 3.72. The number of rotatable bonds is 10. The van der Waals surface area contributed by atoms with Crippen LogP contribution in [0, 0.1) is 0 Å². The van der Waals surface area contributed by atoms with E-state index in [1.54, 1.807) is 0 Å². The molecule has 0 amide bonds. The Labute approximate surface area is 183 Å². The molecule has 5 heteroatoms. The highest BCUT2D eigenvalue weighted by molar-refractivity contribution is 5.86. The predicted molar refractivity (Wildman–Crippen MR) is 124 cm³/mol. The standard InChI is InChI=1S/C26H29N3O2/c27-24(29-31-25(30)26(28)16-17-26)18-21-10-8-19(9-11-21)4-1-2-5-20-12-14-23(15-13-20)22-6-3-7-22/h3,6-15H,1-2,4-5,16-18,28H2,(H2,27,29). The molecule has 1 fully saturated rings. The maximum absolute atomic E-state index is 11.7. The molecular formula is C26H29N3O2. The number of carbonyl (C=O) groups is 1. The van der Waals surface area contributed by atoms with Crippen molar-refractivity contribution in [2.24, 2.45) is 16.6 Å². The Balaban J connectivity index is 1.16. The van der Waals surface area contributed by atoms with Crippen LogP contribution in [-0.2, 0) is 28.9 Å². The smallest absolute Gasteiger partial charge is 0.354 e. The van der Waals surface area contributed by atoms with Gasteiger partial charge >= 0.3 is 5.97 Å². The molecule has 2 aliphatic carbocycles. The van der Waals surface area contributed by atoms with Crippen molar-refractivity contribution in [2.45, 2.75) is 50.5 Å². The predicted octanol–water partition coefficient (Wildman–Crippen LogP) is 4.05. The molecule has 0 saturated heterocycles. The van der Waals surface area contributed by atoms with Crippen molar-refractivity contribution >= 4 is 17.4 Å². The molecule has 2 aliphatic rings. The molecule has 0 aromatic heterocycles. The molecule has 0 aliphatic heterocycles. The second kappa shape index (κ2) is 9.31.